The van der Waals surface area contributed by atoms with Crippen LogP contribution in [0.2, 0.25) is 5.02 Å². The molecule has 2 heterocycles. The normalized spacial score (nSPS) is 14.3. The van der Waals surface area contributed by atoms with Gasteiger partial charge in [0.05, 0.1) is 5.25 Å². The molecule has 6 nitrogen and oxygen atoms in total. The molecular formula is C14H15ClN4O2S. The molecule has 0 bridgehead atoms. The van der Waals surface area contributed by atoms with Crippen LogP contribution in [0.25, 0.3) is 17.0 Å². The summed E-state index contributed by atoms with van der Waals surface area (Å²) in [4.78, 5) is 0. The number of nitrogens with one attached hydrogen (secondary N) is 1. The number of fused-ring (bicyclic) bond motifs is 1. The summed E-state index contributed by atoms with van der Waals surface area (Å²) in [5.74, 6) is 0.573. The second-order valence-corrected chi connectivity index (χ2v) is 6.47. The van der Waals surface area contributed by atoms with E-state index in [2.05, 4.69) is 15.3 Å². The fraction of sp³-hybridized carbons (Fsp3) is 0.286. The average molecular weight is 339 g/mol. The lowest BCUT2D eigenvalue weighted by Gasteiger charge is -2.15. The van der Waals surface area contributed by atoms with Crippen LogP contribution in [0.1, 0.15) is 30.6 Å². The van der Waals surface area contributed by atoms with Gasteiger partial charge in [-0.15, -0.1) is 10.2 Å². The predicted molar refractivity (Wildman–Crippen MR) is 86.2 cm³/mol. The lowest BCUT2D eigenvalue weighted by Crippen LogP contribution is -2.08. The highest BCUT2D eigenvalue weighted by molar-refractivity contribution is 7.79. The predicted octanol–water partition coefficient (Wildman–Crippen LogP) is 3.44. The van der Waals surface area contributed by atoms with Crippen molar-refractivity contribution in [1.82, 2.24) is 19.8 Å². The Morgan fingerprint density at radius 3 is 2.91 bits per heavy atom. The van der Waals surface area contributed by atoms with Gasteiger partial charge in [-0.05, 0) is 12.0 Å². The first-order valence-corrected chi connectivity index (χ1v) is 8.45. The van der Waals surface area contributed by atoms with E-state index in [9.17, 15) is 8.76 Å². The van der Waals surface area contributed by atoms with E-state index < -0.39 is 16.3 Å². The summed E-state index contributed by atoms with van der Waals surface area (Å²) in [6.07, 6.45) is 3.06. The average Bonchev–Trinajstić information content (AvgIpc) is 3.08. The first-order valence-electron chi connectivity index (χ1n) is 6.90. The van der Waals surface area contributed by atoms with Crippen LogP contribution in [0.15, 0.2) is 30.5 Å². The zero-order valence-electron chi connectivity index (χ0n) is 11.9. The van der Waals surface area contributed by atoms with Crippen molar-refractivity contribution in [3.05, 3.63) is 41.0 Å². The van der Waals surface area contributed by atoms with Gasteiger partial charge in [-0.2, -0.15) is 0 Å². The Kier molecular flexibility index (Phi) is 4.28. The molecule has 3 aromatic rings. The van der Waals surface area contributed by atoms with Crippen molar-refractivity contribution in [2.24, 2.45) is 0 Å². The van der Waals surface area contributed by atoms with E-state index in [4.69, 9.17) is 11.6 Å². The fourth-order valence-electron chi connectivity index (χ4n) is 2.53. The number of benzene rings is 1. The standard InChI is InChI=1S/C14H15ClN4O2S/c1-2-5-12(22(20)21)9-6-3-4-7-10(9)13-17-18-14-11(15)8-16-19(13)14/h3-4,6-8,12,16H,2,5H2,1H3,(H,20,21). The molecule has 0 radical (unpaired) electrons. The third kappa shape index (κ3) is 2.55. The van der Waals surface area contributed by atoms with Crippen molar-refractivity contribution in [2.75, 3.05) is 0 Å². The molecule has 3 rings (SSSR count). The number of hydrogen-bond donors (Lipinski definition) is 2. The van der Waals surface area contributed by atoms with Gasteiger partial charge in [0.15, 0.2) is 22.6 Å². The molecule has 0 aliphatic heterocycles. The fourth-order valence-corrected chi connectivity index (χ4v) is 3.56. The first-order chi connectivity index (χ1) is 10.6. The molecule has 2 N–H and O–H groups in total. The zero-order valence-corrected chi connectivity index (χ0v) is 13.4. The molecule has 0 spiro atoms. The number of halogens is 1. The lowest BCUT2D eigenvalue weighted by atomic mass is 10.0. The molecule has 22 heavy (non-hydrogen) atoms. The molecule has 116 valence electrons. The van der Waals surface area contributed by atoms with Gasteiger partial charge in [0.2, 0.25) is 0 Å². The van der Waals surface area contributed by atoms with Crippen LogP contribution < -0.4 is 0 Å². The highest BCUT2D eigenvalue weighted by atomic mass is 35.5. The Morgan fingerprint density at radius 2 is 2.18 bits per heavy atom. The van der Waals surface area contributed by atoms with Crippen LogP contribution in [0.3, 0.4) is 0 Å². The Balaban J connectivity index is 2.17. The largest absolute Gasteiger partial charge is 0.306 e. The molecule has 0 saturated heterocycles. The maximum atomic E-state index is 11.7. The minimum Gasteiger partial charge on any atom is -0.306 e. The second kappa shape index (κ2) is 6.20. The minimum atomic E-state index is -1.95. The quantitative estimate of drug-likeness (QED) is 0.698. The SMILES string of the molecule is CCCC(c1ccccc1-c1nnc2c(Cl)c[nH]n12)S(=O)O. The van der Waals surface area contributed by atoms with Gasteiger partial charge in [0, 0.05) is 11.8 Å². The lowest BCUT2D eigenvalue weighted by molar-refractivity contribution is 0.542. The molecule has 2 atom stereocenters. The van der Waals surface area contributed by atoms with Crippen LogP contribution in [0.4, 0.5) is 0 Å². The summed E-state index contributed by atoms with van der Waals surface area (Å²) in [6.45, 7) is 1.99. The second-order valence-electron chi connectivity index (χ2n) is 4.94. The number of aromatic amines is 1. The van der Waals surface area contributed by atoms with Crippen LogP contribution in [-0.4, -0.2) is 28.6 Å². The summed E-state index contributed by atoms with van der Waals surface area (Å²) in [7, 11) is 0. The van der Waals surface area contributed by atoms with E-state index in [1.54, 1.807) is 10.7 Å². The highest BCUT2D eigenvalue weighted by Gasteiger charge is 2.23. The van der Waals surface area contributed by atoms with Gasteiger partial charge in [-0.25, -0.2) is 8.72 Å². The van der Waals surface area contributed by atoms with E-state index in [1.807, 2.05) is 31.2 Å². The summed E-state index contributed by atoms with van der Waals surface area (Å²) in [6, 6.07) is 7.45. The highest BCUT2D eigenvalue weighted by Crippen LogP contribution is 2.33. The summed E-state index contributed by atoms with van der Waals surface area (Å²) in [5.41, 5.74) is 2.09. The Morgan fingerprint density at radius 1 is 1.41 bits per heavy atom. The molecule has 0 fully saturated rings. The van der Waals surface area contributed by atoms with Crippen molar-refractivity contribution in [3.63, 3.8) is 0 Å². The van der Waals surface area contributed by atoms with Crippen molar-refractivity contribution < 1.29 is 8.76 Å². The van der Waals surface area contributed by atoms with E-state index >= 15 is 0 Å². The Labute approximate surface area is 134 Å². The number of hydrogen-bond acceptors (Lipinski definition) is 3. The number of aromatic nitrogens is 4. The zero-order chi connectivity index (χ0) is 15.7. The molecule has 0 aliphatic rings. The van der Waals surface area contributed by atoms with E-state index in [0.717, 1.165) is 17.5 Å². The van der Waals surface area contributed by atoms with Crippen LogP contribution in [-0.2, 0) is 11.1 Å². The Hall–Kier alpha value is -1.70. The molecule has 0 aliphatic carbocycles. The van der Waals surface area contributed by atoms with Crippen LogP contribution >= 0.6 is 11.6 Å². The van der Waals surface area contributed by atoms with Crippen LogP contribution in [0, 0.1) is 0 Å². The van der Waals surface area contributed by atoms with Gasteiger partial charge >= 0.3 is 0 Å². The maximum Gasteiger partial charge on any atom is 0.196 e. The Bertz CT molecular complexity index is 829. The summed E-state index contributed by atoms with van der Waals surface area (Å²) < 4.78 is 23.0. The van der Waals surface area contributed by atoms with Crippen LogP contribution in [0.5, 0.6) is 0 Å². The molecule has 2 aromatic heterocycles. The smallest absolute Gasteiger partial charge is 0.196 e. The van der Waals surface area contributed by atoms with Crippen molar-refractivity contribution >= 4 is 28.3 Å². The van der Waals surface area contributed by atoms with Gasteiger partial charge < -0.3 is 4.55 Å². The van der Waals surface area contributed by atoms with Gasteiger partial charge in [-0.1, -0.05) is 49.2 Å². The third-order valence-electron chi connectivity index (χ3n) is 3.54. The van der Waals surface area contributed by atoms with E-state index in [-0.39, 0.29) is 0 Å². The van der Waals surface area contributed by atoms with E-state index in [1.165, 1.54) is 0 Å². The number of H-pyrrole nitrogens is 1. The first kappa shape index (κ1) is 15.2. The molecule has 0 saturated carbocycles. The molecule has 1 aromatic carbocycles. The minimum absolute atomic E-state index is 0.459. The molecule has 8 heteroatoms. The maximum absolute atomic E-state index is 11.7. The number of nitrogens with zero attached hydrogens (tertiary/aromatic N) is 3. The summed E-state index contributed by atoms with van der Waals surface area (Å²) in [5, 5.41) is 11.2. The van der Waals surface area contributed by atoms with Gasteiger partial charge in [-0.3, -0.25) is 5.10 Å². The van der Waals surface area contributed by atoms with Gasteiger partial charge in [0.25, 0.3) is 0 Å². The van der Waals surface area contributed by atoms with Crippen molar-refractivity contribution in [3.8, 4) is 11.4 Å². The third-order valence-corrected chi connectivity index (χ3v) is 4.79. The number of rotatable bonds is 5. The molecule has 2 unspecified atom stereocenters. The monoisotopic (exact) mass is 338 g/mol. The van der Waals surface area contributed by atoms with E-state index in [0.29, 0.717) is 22.9 Å². The van der Waals surface area contributed by atoms with Crippen molar-refractivity contribution in [1.29, 1.82) is 0 Å². The van der Waals surface area contributed by atoms with Gasteiger partial charge in [0.1, 0.15) is 5.02 Å². The summed E-state index contributed by atoms with van der Waals surface area (Å²) >= 11 is 4.08. The molecular weight excluding hydrogens is 324 g/mol. The van der Waals surface area contributed by atoms with Crippen molar-refractivity contribution in [2.45, 2.75) is 25.0 Å². The molecule has 0 amide bonds. The topological polar surface area (TPSA) is 83.3 Å².